The van der Waals surface area contributed by atoms with Gasteiger partial charge in [0.15, 0.2) is 0 Å². The van der Waals surface area contributed by atoms with Crippen LogP contribution in [0.15, 0.2) is 161 Å². The second-order valence-corrected chi connectivity index (χ2v) is 12.8. The van der Waals surface area contributed by atoms with Crippen molar-refractivity contribution in [2.45, 2.75) is 22.6 Å². The highest BCUT2D eigenvalue weighted by atomic mass is 32.2. The Labute approximate surface area is 267 Å². The van der Waals surface area contributed by atoms with Crippen molar-refractivity contribution in [1.82, 2.24) is 4.57 Å². The monoisotopic (exact) mass is 594 g/mol. The second-order valence-electron chi connectivity index (χ2n) is 11.7. The molecule has 0 saturated carbocycles. The number of anilines is 3. The Bertz CT molecular complexity index is 2230. The van der Waals surface area contributed by atoms with Crippen LogP contribution in [0.4, 0.5) is 17.1 Å². The molecule has 1 aliphatic carbocycles. The molecule has 0 N–H and O–H groups in total. The van der Waals surface area contributed by atoms with Gasteiger partial charge in [-0.3, -0.25) is 0 Å². The Hall–Kier alpha value is -5.25. The van der Waals surface area contributed by atoms with Crippen molar-refractivity contribution in [2.24, 2.45) is 0 Å². The molecule has 9 rings (SSSR count). The van der Waals surface area contributed by atoms with E-state index in [1.807, 2.05) is 11.8 Å². The van der Waals surface area contributed by atoms with Gasteiger partial charge in [0.2, 0.25) is 0 Å². The molecular formula is C42H30N2S. The molecule has 1 aromatic heterocycles. The van der Waals surface area contributed by atoms with Crippen LogP contribution in [0.3, 0.4) is 0 Å². The topological polar surface area (TPSA) is 8.17 Å². The minimum atomic E-state index is 1.08. The van der Waals surface area contributed by atoms with Crippen LogP contribution in [0.25, 0.3) is 44.9 Å². The van der Waals surface area contributed by atoms with E-state index in [0.29, 0.717) is 0 Å². The summed E-state index contributed by atoms with van der Waals surface area (Å²) in [6.45, 7) is 0. The van der Waals surface area contributed by atoms with Gasteiger partial charge < -0.3 is 9.47 Å². The normalized spacial score (nSPS) is 13.4. The Morgan fingerprint density at radius 3 is 1.91 bits per heavy atom. The summed E-state index contributed by atoms with van der Waals surface area (Å²) < 4.78 is 2.42. The van der Waals surface area contributed by atoms with Gasteiger partial charge in [-0.25, -0.2) is 0 Å². The van der Waals surface area contributed by atoms with Crippen molar-refractivity contribution in [2.75, 3.05) is 4.90 Å². The summed E-state index contributed by atoms with van der Waals surface area (Å²) in [5, 5.41) is 1.36. The van der Waals surface area contributed by atoms with E-state index in [0.717, 1.165) is 12.8 Å². The summed E-state index contributed by atoms with van der Waals surface area (Å²) in [5.74, 6) is 0. The summed E-state index contributed by atoms with van der Waals surface area (Å²) in [5.41, 5.74) is 13.8. The largest absolute Gasteiger partial charge is 0.310 e. The zero-order valence-electron chi connectivity index (χ0n) is 24.7. The summed E-state index contributed by atoms with van der Waals surface area (Å²) in [6, 6.07) is 53.0. The van der Waals surface area contributed by atoms with Gasteiger partial charge in [-0.1, -0.05) is 103 Å². The van der Waals surface area contributed by atoms with Gasteiger partial charge in [0.05, 0.1) is 16.9 Å². The smallest absolute Gasteiger partial charge is 0.0602 e. The third-order valence-corrected chi connectivity index (χ3v) is 10.2. The fourth-order valence-corrected chi connectivity index (χ4v) is 8.01. The second kappa shape index (κ2) is 10.7. The molecule has 45 heavy (non-hydrogen) atoms. The molecule has 214 valence electrons. The molecule has 0 bridgehead atoms. The van der Waals surface area contributed by atoms with Crippen molar-refractivity contribution in [3.05, 3.63) is 163 Å². The van der Waals surface area contributed by atoms with E-state index >= 15 is 0 Å². The van der Waals surface area contributed by atoms with Crippen LogP contribution in [0.5, 0.6) is 0 Å². The standard InChI is InChI=1S/C42H30N2S/c1-3-11-33(12-4-1)43-37-16-8-7-15-35(37)36-27-31(23-25-38(36)43)29-19-21-30(22-20-29)32-24-26-40-42(28-32)45-41-18-10-9-17-39(41)44(40)34-13-5-2-6-14-34/h1-6,8-14,16-28H,7,15H2. The maximum absolute atomic E-state index is 2.42. The highest BCUT2D eigenvalue weighted by molar-refractivity contribution is 7.99. The van der Waals surface area contributed by atoms with Crippen molar-refractivity contribution < 1.29 is 0 Å². The van der Waals surface area contributed by atoms with Gasteiger partial charge >= 0.3 is 0 Å². The quantitative estimate of drug-likeness (QED) is 0.200. The molecule has 3 heteroatoms. The van der Waals surface area contributed by atoms with Crippen LogP contribution >= 0.6 is 11.8 Å². The van der Waals surface area contributed by atoms with Crippen LogP contribution < -0.4 is 4.90 Å². The zero-order valence-corrected chi connectivity index (χ0v) is 25.5. The molecule has 2 heterocycles. The molecule has 2 nitrogen and oxygen atoms in total. The lowest BCUT2D eigenvalue weighted by Gasteiger charge is -2.33. The summed E-state index contributed by atoms with van der Waals surface area (Å²) in [7, 11) is 0. The van der Waals surface area contributed by atoms with Crippen molar-refractivity contribution in [3.8, 4) is 27.9 Å². The van der Waals surface area contributed by atoms with E-state index in [-0.39, 0.29) is 0 Å². The number of hydrogen-bond acceptors (Lipinski definition) is 2. The lowest BCUT2D eigenvalue weighted by molar-refractivity contribution is 0.967. The lowest BCUT2D eigenvalue weighted by Crippen LogP contribution is -2.14. The average Bonchev–Trinajstić information content (AvgIpc) is 3.45. The number of aromatic nitrogens is 1. The van der Waals surface area contributed by atoms with Gasteiger partial charge in [0, 0.05) is 32.2 Å². The predicted octanol–water partition coefficient (Wildman–Crippen LogP) is 11.9. The Balaban J connectivity index is 1.07. The molecule has 1 aliphatic heterocycles. The number of allylic oxidation sites excluding steroid dienone is 1. The highest BCUT2D eigenvalue weighted by Gasteiger charge is 2.25. The Morgan fingerprint density at radius 1 is 0.511 bits per heavy atom. The molecule has 0 atom stereocenters. The fourth-order valence-electron chi connectivity index (χ4n) is 6.92. The molecule has 0 fully saturated rings. The van der Waals surface area contributed by atoms with Crippen LogP contribution in [-0.2, 0) is 6.42 Å². The number of benzene rings is 6. The van der Waals surface area contributed by atoms with Gasteiger partial charge in [0.25, 0.3) is 0 Å². The van der Waals surface area contributed by atoms with Crippen molar-refractivity contribution in [1.29, 1.82) is 0 Å². The maximum Gasteiger partial charge on any atom is 0.0602 e. The van der Waals surface area contributed by atoms with E-state index in [2.05, 4.69) is 167 Å². The SMILES string of the molecule is C1=Cc2c(c3cc(-c4ccc(-c5ccc6c(c5)Sc5ccccc5N6c5ccccc5)cc4)ccc3n2-c2ccccc2)CC1. The first-order valence-electron chi connectivity index (χ1n) is 15.6. The van der Waals surface area contributed by atoms with Crippen molar-refractivity contribution >= 4 is 45.8 Å². The fraction of sp³-hybridized carbons (Fsp3) is 0.0476. The summed E-state index contributed by atoms with van der Waals surface area (Å²) in [4.78, 5) is 4.92. The maximum atomic E-state index is 2.42. The zero-order chi connectivity index (χ0) is 29.7. The lowest BCUT2D eigenvalue weighted by atomic mass is 9.96. The first-order chi connectivity index (χ1) is 22.3. The minimum Gasteiger partial charge on any atom is -0.310 e. The van der Waals surface area contributed by atoms with E-state index in [1.54, 1.807) is 0 Å². The third kappa shape index (κ3) is 4.43. The summed E-state index contributed by atoms with van der Waals surface area (Å²) in [6.07, 6.45) is 6.77. The first kappa shape index (κ1) is 26.2. The Kier molecular flexibility index (Phi) is 6.24. The molecule has 7 aromatic rings. The number of nitrogens with zero attached hydrogens (tertiary/aromatic N) is 2. The number of para-hydroxylation sites is 3. The molecule has 0 unspecified atom stereocenters. The van der Waals surface area contributed by atoms with Crippen LogP contribution in [-0.4, -0.2) is 4.57 Å². The van der Waals surface area contributed by atoms with Crippen LogP contribution in [0.2, 0.25) is 0 Å². The molecule has 0 amide bonds. The number of hydrogen-bond donors (Lipinski definition) is 0. The van der Waals surface area contributed by atoms with Gasteiger partial charge in [-0.15, -0.1) is 0 Å². The number of aryl methyl sites for hydroxylation is 1. The molecular weight excluding hydrogens is 565 g/mol. The van der Waals surface area contributed by atoms with E-state index in [1.165, 1.54) is 77.0 Å². The van der Waals surface area contributed by atoms with E-state index in [4.69, 9.17) is 0 Å². The third-order valence-electron chi connectivity index (χ3n) is 9.06. The van der Waals surface area contributed by atoms with Crippen molar-refractivity contribution in [3.63, 3.8) is 0 Å². The number of fused-ring (bicyclic) bond motifs is 5. The van der Waals surface area contributed by atoms with Crippen LogP contribution in [0.1, 0.15) is 17.7 Å². The van der Waals surface area contributed by atoms with Gasteiger partial charge in [0.1, 0.15) is 0 Å². The number of rotatable bonds is 4. The molecule has 2 aliphatic rings. The van der Waals surface area contributed by atoms with Gasteiger partial charge in [-0.05, 0) is 107 Å². The molecule has 0 spiro atoms. The van der Waals surface area contributed by atoms with E-state index in [9.17, 15) is 0 Å². The first-order valence-corrected chi connectivity index (χ1v) is 16.4. The van der Waals surface area contributed by atoms with Crippen LogP contribution in [0, 0.1) is 0 Å². The van der Waals surface area contributed by atoms with Gasteiger partial charge in [-0.2, -0.15) is 0 Å². The van der Waals surface area contributed by atoms with E-state index < -0.39 is 0 Å². The summed E-state index contributed by atoms with van der Waals surface area (Å²) >= 11 is 1.85. The Morgan fingerprint density at radius 2 is 1.13 bits per heavy atom. The highest BCUT2D eigenvalue weighted by Crippen LogP contribution is 2.52. The average molecular weight is 595 g/mol. The molecule has 6 aromatic carbocycles. The minimum absolute atomic E-state index is 1.08. The molecule has 0 saturated heterocycles. The molecule has 0 radical (unpaired) electrons. The predicted molar refractivity (Wildman–Crippen MR) is 190 cm³/mol.